The zero-order chi connectivity index (χ0) is 36.2. The van der Waals surface area contributed by atoms with Crippen LogP contribution in [-0.2, 0) is 21.4 Å². The van der Waals surface area contributed by atoms with Gasteiger partial charge in [0, 0.05) is 42.7 Å². The molecule has 0 fully saturated rings. The third-order valence-corrected chi connectivity index (χ3v) is 8.38. The molecule has 11 heteroatoms. The van der Waals surface area contributed by atoms with E-state index in [1.807, 2.05) is 0 Å². The quantitative estimate of drug-likeness (QED) is 0.134. The molecular weight excluding hydrogens is 591 g/mol. The Bertz CT molecular complexity index is 2100. The van der Waals surface area contributed by atoms with E-state index >= 15 is 8.78 Å². The van der Waals surface area contributed by atoms with Gasteiger partial charge in [-0.3, -0.25) is 4.79 Å². The van der Waals surface area contributed by atoms with Crippen molar-refractivity contribution in [3.63, 3.8) is 0 Å². The van der Waals surface area contributed by atoms with Crippen LogP contribution in [-0.4, -0.2) is 40.8 Å². The van der Waals surface area contributed by atoms with Gasteiger partial charge in [-0.05, 0) is 55.7 Å². The number of rotatable bonds is 8. The number of fused-ring (bicyclic) bond motifs is 2. The summed E-state index contributed by atoms with van der Waals surface area (Å²) >= 11 is 0.299. The predicted molar refractivity (Wildman–Crippen MR) is 162 cm³/mol. The van der Waals surface area contributed by atoms with Crippen molar-refractivity contribution in [2.24, 2.45) is 5.92 Å². The number of thioether (sulfide) groups is 1. The van der Waals surface area contributed by atoms with Crippen LogP contribution in [0.15, 0.2) is 59.8 Å². The Morgan fingerprint density at radius 3 is 2.89 bits per heavy atom. The molecule has 0 unspecified atom stereocenters. The molecule has 0 saturated carbocycles. The van der Waals surface area contributed by atoms with Crippen molar-refractivity contribution in [2.75, 3.05) is 19.9 Å². The Balaban J connectivity index is 1.41. The van der Waals surface area contributed by atoms with Gasteiger partial charge < -0.3 is 24.2 Å². The fourth-order valence-electron chi connectivity index (χ4n) is 5.49. The maximum Gasteiger partial charge on any atom is 0.308 e. The number of hydrogen-bond acceptors (Lipinski definition) is 6. The summed E-state index contributed by atoms with van der Waals surface area (Å²) in [5, 5.41) is 0.0765. The van der Waals surface area contributed by atoms with Gasteiger partial charge in [0.1, 0.15) is 23.1 Å². The lowest BCUT2D eigenvalue weighted by Crippen LogP contribution is -2.32. The van der Waals surface area contributed by atoms with Crippen LogP contribution in [0.5, 0.6) is 17.2 Å². The summed E-state index contributed by atoms with van der Waals surface area (Å²) in [7, 11) is 1.28. The van der Waals surface area contributed by atoms with Gasteiger partial charge in [0.25, 0.3) is 0 Å². The number of aromatic amines is 2. The third kappa shape index (κ3) is 4.98. The lowest BCUT2D eigenvalue weighted by atomic mass is 9.74. The Hall–Kier alpha value is -4.38. The predicted octanol–water partition coefficient (Wildman–Crippen LogP) is 7.93. The first-order valence-corrected chi connectivity index (χ1v) is 14.4. The monoisotopic (exact) mass is 627 g/mol. The summed E-state index contributed by atoms with van der Waals surface area (Å²) in [5.74, 6) is -5.14. The molecule has 7 nitrogen and oxygen atoms in total. The number of para-hydroxylation sites is 1. The SMILES string of the molecule is [2H]C([2H])([2H])Sc1c(Oc2ccc(F)c(-c3ncc([C@]4(C([2H])([2H])[2H])CCOc5c(C[C@@H](C)C(=O)OC)cccc54)[nH]3)c2)c(F)c(F)c2[nH]ccc12. The number of methoxy groups -OCH3 is 1. The topological polar surface area (TPSA) is 89.2 Å². The summed E-state index contributed by atoms with van der Waals surface area (Å²) in [5.41, 5.74) is -1.01. The van der Waals surface area contributed by atoms with Gasteiger partial charge in [-0.15, -0.1) is 11.8 Å². The second kappa shape index (κ2) is 11.6. The molecule has 2 atom stereocenters. The van der Waals surface area contributed by atoms with Crippen LogP contribution in [0.4, 0.5) is 13.2 Å². The molecule has 228 valence electrons. The molecule has 5 aromatic rings. The van der Waals surface area contributed by atoms with Crippen molar-refractivity contribution in [1.82, 2.24) is 15.0 Å². The van der Waals surface area contributed by atoms with Gasteiger partial charge in [-0.1, -0.05) is 25.1 Å². The highest BCUT2D eigenvalue weighted by molar-refractivity contribution is 7.99. The standard InChI is InChI=1S/C33H30F3N3O4S/c1-17(32(40)41-3)14-18-6-5-7-22-28(18)42-13-11-33(22,2)24-16-38-31(39-24)21-15-19(8-9-23(21)34)43-29-26(36)25(35)27-20(10-12-37-27)30(29)44-4/h5-10,12,15-17,37H,11,13-14H2,1-4H3,(H,38,39)/t17-,33-/m1/s1/i2D3,4D3. The van der Waals surface area contributed by atoms with E-state index in [2.05, 4.69) is 15.0 Å². The first kappa shape index (κ1) is 23.1. The molecule has 1 aliphatic rings. The first-order valence-electron chi connectivity index (χ1n) is 16.6. The van der Waals surface area contributed by atoms with E-state index in [0.29, 0.717) is 28.6 Å². The summed E-state index contributed by atoms with van der Waals surface area (Å²) < 4.78 is 112. The Labute approximate surface area is 264 Å². The van der Waals surface area contributed by atoms with E-state index in [1.54, 1.807) is 25.1 Å². The number of aromatic nitrogens is 3. The van der Waals surface area contributed by atoms with Crippen LogP contribution in [0.1, 0.15) is 45.2 Å². The van der Waals surface area contributed by atoms with E-state index in [-0.39, 0.29) is 58.1 Å². The number of hydrogen-bond donors (Lipinski definition) is 2. The molecule has 3 heterocycles. The Morgan fingerprint density at radius 1 is 1.23 bits per heavy atom. The van der Waals surface area contributed by atoms with Crippen molar-refractivity contribution in [3.8, 4) is 28.6 Å². The number of nitrogens with one attached hydrogen (secondary N) is 2. The van der Waals surface area contributed by atoms with Crippen molar-refractivity contribution >= 4 is 28.6 Å². The van der Waals surface area contributed by atoms with Crippen LogP contribution >= 0.6 is 11.8 Å². The minimum atomic E-state index is -2.65. The van der Waals surface area contributed by atoms with E-state index in [0.717, 1.165) is 18.2 Å². The first-order chi connectivity index (χ1) is 23.6. The number of imidazole rings is 1. The van der Waals surface area contributed by atoms with Gasteiger partial charge in [0.2, 0.25) is 5.82 Å². The number of benzene rings is 3. The van der Waals surface area contributed by atoms with E-state index in [1.165, 1.54) is 25.6 Å². The fraction of sp³-hybridized carbons (Fsp3) is 0.273. The third-order valence-electron chi connectivity index (χ3n) is 7.77. The van der Waals surface area contributed by atoms with Crippen LogP contribution in [0.3, 0.4) is 0 Å². The molecule has 0 bridgehead atoms. The molecule has 0 radical (unpaired) electrons. The number of ether oxygens (including phenoxy) is 3. The highest BCUT2D eigenvalue weighted by atomic mass is 32.2. The molecule has 2 aromatic heterocycles. The Kier molecular flexibility index (Phi) is 6.08. The molecule has 44 heavy (non-hydrogen) atoms. The summed E-state index contributed by atoms with van der Waals surface area (Å²) in [6, 6.07) is 9.76. The van der Waals surface area contributed by atoms with Crippen molar-refractivity contribution in [1.29, 1.82) is 0 Å². The van der Waals surface area contributed by atoms with E-state index < -0.39 is 53.5 Å². The van der Waals surface area contributed by atoms with Crippen LogP contribution in [0.25, 0.3) is 22.3 Å². The lowest BCUT2D eigenvalue weighted by molar-refractivity contribution is -0.144. The zero-order valence-corrected chi connectivity index (χ0v) is 24.3. The summed E-state index contributed by atoms with van der Waals surface area (Å²) in [6.45, 7) is -0.943. The molecule has 6 rings (SSSR count). The molecule has 0 spiro atoms. The summed E-state index contributed by atoms with van der Waals surface area (Å²) in [4.78, 5) is 21.8. The minimum absolute atomic E-state index is 0.0101. The van der Waals surface area contributed by atoms with E-state index in [9.17, 15) is 9.18 Å². The largest absolute Gasteiger partial charge is 0.493 e. The number of H-pyrrole nitrogens is 2. The number of halogens is 3. The highest BCUT2D eigenvalue weighted by Gasteiger charge is 2.38. The van der Waals surface area contributed by atoms with Gasteiger partial charge >= 0.3 is 5.97 Å². The number of carbonyl (C=O) groups excluding carboxylic acids is 1. The number of carbonyl (C=O) groups is 1. The fourth-order valence-corrected chi connectivity index (χ4v) is 6.00. The Morgan fingerprint density at radius 2 is 2.09 bits per heavy atom. The van der Waals surface area contributed by atoms with E-state index in [4.69, 9.17) is 22.4 Å². The van der Waals surface area contributed by atoms with Crippen LogP contribution < -0.4 is 9.47 Å². The van der Waals surface area contributed by atoms with Crippen molar-refractivity contribution < 1.29 is 40.4 Å². The van der Waals surface area contributed by atoms with Crippen LogP contribution in [0.2, 0.25) is 0 Å². The highest BCUT2D eigenvalue weighted by Crippen LogP contribution is 2.46. The molecule has 0 saturated heterocycles. The molecule has 0 aliphatic carbocycles. The normalized spacial score (nSPS) is 19.4. The average molecular weight is 628 g/mol. The number of nitrogens with zero attached hydrogens (tertiary/aromatic N) is 1. The van der Waals surface area contributed by atoms with Crippen molar-refractivity contribution in [3.05, 3.63) is 89.1 Å². The maximum absolute atomic E-state index is 15.4. The second-order valence-electron chi connectivity index (χ2n) is 10.5. The smallest absolute Gasteiger partial charge is 0.308 e. The second-order valence-corrected chi connectivity index (χ2v) is 11.1. The average Bonchev–Trinajstić information content (AvgIpc) is 3.75. The molecule has 1 aliphatic heterocycles. The minimum Gasteiger partial charge on any atom is -0.493 e. The summed E-state index contributed by atoms with van der Waals surface area (Å²) in [6.07, 6.45) is 0.224. The molecular formula is C33H30F3N3O4S. The van der Waals surface area contributed by atoms with Gasteiger partial charge in [-0.2, -0.15) is 4.39 Å². The molecule has 0 amide bonds. The lowest BCUT2D eigenvalue weighted by Gasteiger charge is -2.36. The molecule has 2 N–H and O–H groups in total. The van der Waals surface area contributed by atoms with Gasteiger partial charge in [-0.25, -0.2) is 13.8 Å². The number of esters is 1. The van der Waals surface area contributed by atoms with Crippen LogP contribution in [0, 0.1) is 23.4 Å². The maximum atomic E-state index is 15.4. The van der Waals surface area contributed by atoms with Crippen molar-refractivity contribution in [2.45, 2.75) is 36.9 Å². The molecule has 3 aromatic carbocycles. The van der Waals surface area contributed by atoms with Gasteiger partial charge in [0.05, 0.1) is 35.6 Å². The van der Waals surface area contributed by atoms with Gasteiger partial charge in [0.15, 0.2) is 11.6 Å². The zero-order valence-electron chi connectivity index (χ0n) is 29.5.